The van der Waals surface area contributed by atoms with Crippen molar-refractivity contribution in [1.29, 1.82) is 0 Å². The van der Waals surface area contributed by atoms with Gasteiger partial charge in [0.25, 0.3) is 0 Å². The van der Waals surface area contributed by atoms with Crippen molar-refractivity contribution >= 4 is 27.0 Å². The Hall–Kier alpha value is -1.48. The smallest absolute Gasteiger partial charge is 0.240 e. The summed E-state index contributed by atoms with van der Waals surface area (Å²) in [6.45, 7) is 0.240. The molecule has 2 rings (SSSR count). The van der Waals surface area contributed by atoms with Crippen LogP contribution in [0.4, 0.5) is 5.69 Å². The normalized spacial score (nSPS) is 11.4. The van der Waals surface area contributed by atoms with Crippen LogP contribution in [-0.2, 0) is 16.6 Å². The van der Waals surface area contributed by atoms with E-state index in [2.05, 4.69) is 15.1 Å². The van der Waals surface area contributed by atoms with Gasteiger partial charge in [-0.25, -0.2) is 13.1 Å². The monoisotopic (exact) mass is 284 g/mol. The molecular weight excluding hydrogens is 272 g/mol. The lowest BCUT2D eigenvalue weighted by atomic mass is 10.3. The molecule has 0 atom stereocenters. The van der Waals surface area contributed by atoms with E-state index >= 15 is 0 Å². The Morgan fingerprint density at radius 3 is 2.56 bits per heavy atom. The fraction of sp³-hybridized carbons (Fsp3) is 0.100. The summed E-state index contributed by atoms with van der Waals surface area (Å²) in [5.74, 6) is 5.21. The Morgan fingerprint density at radius 2 is 2.00 bits per heavy atom. The zero-order chi connectivity index (χ0) is 13.0. The summed E-state index contributed by atoms with van der Waals surface area (Å²) in [5.41, 5.74) is 4.75. The van der Waals surface area contributed by atoms with Gasteiger partial charge in [-0.15, -0.1) is 11.3 Å². The van der Waals surface area contributed by atoms with Crippen molar-refractivity contribution in [1.82, 2.24) is 9.71 Å². The van der Waals surface area contributed by atoms with Crippen molar-refractivity contribution in [2.45, 2.75) is 11.4 Å². The van der Waals surface area contributed by atoms with Crippen LogP contribution in [0.5, 0.6) is 0 Å². The first-order chi connectivity index (χ1) is 8.62. The molecule has 0 saturated carbocycles. The van der Waals surface area contributed by atoms with Crippen LogP contribution in [-0.4, -0.2) is 13.4 Å². The number of hydrogen-bond donors (Lipinski definition) is 3. The van der Waals surface area contributed by atoms with Gasteiger partial charge in [-0.3, -0.25) is 10.8 Å². The number of hydrogen-bond acceptors (Lipinski definition) is 6. The Balaban J connectivity index is 2.09. The molecule has 1 aromatic heterocycles. The van der Waals surface area contributed by atoms with E-state index in [-0.39, 0.29) is 11.4 Å². The van der Waals surface area contributed by atoms with Gasteiger partial charge in [0, 0.05) is 23.3 Å². The maximum Gasteiger partial charge on any atom is 0.240 e. The first-order valence-electron chi connectivity index (χ1n) is 5.05. The second-order valence-electron chi connectivity index (χ2n) is 3.46. The molecule has 0 amide bonds. The SMILES string of the molecule is NNc1ccc(S(=O)(=O)NCc2cncs2)cc1. The van der Waals surface area contributed by atoms with Gasteiger partial charge in [0.15, 0.2) is 0 Å². The van der Waals surface area contributed by atoms with Crippen molar-refractivity contribution in [2.24, 2.45) is 5.84 Å². The molecule has 4 N–H and O–H groups in total. The third-order valence-electron chi connectivity index (χ3n) is 2.25. The van der Waals surface area contributed by atoms with Crippen LogP contribution in [0.25, 0.3) is 0 Å². The number of nitrogens with zero attached hydrogens (tertiary/aromatic N) is 1. The van der Waals surface area contributed by atoms with Crippen molar-refractivity contribution in [3.05, 3.63) is 40.8 Å². The van der Waals surface area contributed by atoms with Crippen LogP contribution in [0.3, 0.4) is 0 Å². The Labute approximate surface area is 109 Å². The minimum atomic E-state index is -3.50. The summed E-state index contributed by atoms with van der Waals surface area (Å²) in [7, 11) is -3.50. The van der Waals surface area contributed by atoms with Crippen molar-refractivity contribution in [3.8, 4) is 0 Å². The number of nitrogens with one attached hydrogen (secondary N) is 2. The molecular formula is C10H12N4O2S2. The predicted molar refractivity (Wildman–Crippen MR) is 70.4 cm³/mol. The standard InChI is InChI=1S/C10H12N4O2S2/c11-14-8-1-3-10(4-2-8)18(15,16)13-6-9-5-12-7-17-9/h1-5,7,13-14H,6,11H2. The highest BCUT2D eigenvalue weighted by Crippen LogP contribution is 2.14. The first kappa shape index (κ1) is 13.0. The second kappa shape index (κ2) is 5.44. The number of aromatic nitrogens is 1. The molecule has 96 valence electrons. The maximum atomic E-state index is 11.9. The van der Waals surface area contributed by atoms with Gasteiger partial charge < -0.3 is 5.43 Å². The zero-order valence-corrected chi connectivity index (χ0v) is 11.0. The van der Waals surface area contributed by atoms with Crippen LogP contribution in [0, 0.1) is 0 Å². The van der Waals surface area contributed by atoms with Gasteiger partial charge in [-0.2, -0.15) is 0 Å². The lowest BCUT2D eigenvalue weighted by Crippen LogP contribution is -2.22. The average Bonchev–Trinajstić information content (AvgIpc) is 2.90. The third-order valence-corrected chi connectivity index (χ3v) is 4.45. The van der Waals surface area contributed by atoms with Gasteiger partial charge >= 0.3 is 0 Å². The summed E-state index contributed by atoms with van der Waals surface area (Å²) < 4.78 is 26.4. The van der Waals surface area contributed by atoms with Crippen LogP contribution in [0.15, 0.2) is 40.9 Å². The summed E-state index contributed by atoms with van der Waals surface area (Å²) in [4.78, 5) is 4.94. The van der Waals surface area contributed by atoms with Gasteiger partial charge in [0.05, 0.1) is 10.4 Å². The summed E-state index contributed by atoms with van der Waals surface area (Å²) in [6.07, 6.45) is 1.63. The van der Waals surface area contributed by atoms with E-state index < -0.39 is 10.0 Å². The number of anilines is 1. The number of nitrogens with two attached hydrogens (primary N) is 1. The predicted octanol–water partition coefficient (Wildman–Crippen LogP) is 0.907. The lowest BCUT2D eigenvalue weighted by Gasteiger charge is -2.06. The third kappa shape index (κ3) is 3.05. The number of thiazole rings is 1. The first-order valence-corrected chi connectivity index (χ1v) is 7.42. The summed E-state index contributed by atoms with van der Waals surface area (Å²) in [5, 5.41) is 0. The second-order valence-corrected chi connectivity index (χ2v) is 6.20. The zero-order valence-electron chi connectivity index (χ0n) is 9.33. The Morgan fingerprint density at radius 1 is 1.28 bits per heavy atom. The molecule has 0 spiro atoms. The van der Waals surface area contributed by atoms with Crippen molar-refractivity contribution < 1.29 is 8.42 Å². The fourth-order valence-corrected chi connectivity index (χ4v) is 2.94. The molecule has 2 aromatic rings. The Kier molecular flexibility index (Phi) is 3.92. The highest BCUT2D eigenvalue weighted by Gasteiger charge is 2.13. The number of benzene rings is 1. The molecule has 6 nitrogen and oxygen atoms in total. The van der Waals surface area contributed by atoms with Gasteiger partial charge in [0.1, 0.15) is 0 Å². The lowest BCUT2D eigenvalue weighted by molar-refractivity contribution is 0.582. The van der Waals surface area contributed by atoms with Crippen LogP contribution < -0.4 is 16.0 Å². The molecule has 0 bridgehead atoms. The largest absolute Gasteiger partial charge is 0.324 e. The average molecular weight is 284 g/mol. The van der Waals surface area contributed by atoms with Gasteiger partial charge in [-0.1, -0.05) is 0 Å². The molecule has 0 radical (unpaired) electrons. The minimum Gasteiger partial charge on any atom is -0.324 e. The van der Waals surface area contributed by atoms with E-state index in [1.165, 1.54) is 23.5 Å². The van der Waals surface area contributed by atoms with E-state index in [0.717, 1.165) is 4.88 Å². The highest BCUT2D eigenvalue weighted by atomic mass is 32.2. The summed E-state index contributed by atoms with van der Waals surface area (Å²) >= 11 is 1.40. The van der Waals surface area contributed by atoms with Crippen LogP contribution >= 0.6 is 11.3 Å². The molecule has 0 saturated heterocycles. The quantitative estimate of drug-likeness (QED) is 0.560. The maximum absolute atomic E-state index is 11.9. The molecule has 8 heteroatoms. The molecule has 0 fully saturated rings. The van der Waals surface area contributed by atoms with Gasteiger partial charge in [0.2, 0.25) is 10.0 Å². The molecule has 1 aromatic carbocycles. The topological polar surface area (TPSA) is 97.1 Å². The molecule has 0 aliphatic heterocycles. The van der Waals surface area contributed by atoms with E-state index in [1.54, 1.807) is 23.8 Å². The van der Waals surface area contributed by atoms with E-state index in [4.69, 9.17) is 5.84 Å². The number of hydrazine groups is 1. The van der Waals surface area contributed by atoms with E-state index in [9.17, 15) is 8.42 Å². The van der Waals surface area contributed by atoms with Crippen molar-refractivity contribution in [3.63, 3.8) is 0 Å². The number of nitrogen functional groups attached to an aromatic ring is 1. The fourth-order valence-electron chi connectivity index (χ4n) is 1.31. The van der Waals surface area contributed by atoms with Crippen LogP contribution in [0.2, 0.25) is 0 Å². The molecule has 0 aliphatic carbocycles. The minimum absolute atomic E-state index is 0.200. The molecule has 0 aliphatic rings. The summed E-state index contributed by atoms with van der Waals surface area (Å²) in [6, 6.07) is 6.18. The van der Waals surface area contributed by atoms with Crippen molar-refractivity contribution in [2.75, 3.05) is 5.43 Å². The molecule has 1 heterocycles. The highest BCUT2D eigenvalue weighted by molar-refractivity contribution is 7.89. The van der Waals surface area contributed by atoms with Crippen LogP contribution in [0.1, 0.15) is 4.88 Å². The van der Waals surface area contributed by atoms with E-state index in [0.29, 0.717) is 5.69 Å². The van der Waals surface area contributed by atoms with E-state index in [1.807, 2.05) is 0 Å². The molecule has 0 unspecified atom stereocenters. The Bertz CT molecular complexity index is 593. The molecule has 18 heavy (non-hydrogen) atoms. The van der Waals surface area contributed by atoms with Gasteiger partial charge in [-0.05, 0) is 24.3 Å². The number of sulfonamides is 1. The number of rotatable bonds is 5.